The van der Waals surface area contributed by atoms with Crippen molar-refractivity contribution in [3.05, 3.63) is 0 Å². The lowest BCUT2D eigenvalue weighted by Gasteiger charge is -2.13. The molecule has 0 aliphatic heterocycles. The van der Waals surface area contributed by atoms with Crippen LogP contribution in [0.5, 0.6) is 0 Å². The molecule has 1 atom stereocenters. The van der Waals surface area contributed by atoms with Crippen LogP contribution < -0.4 is 0 Å². The first-order valence-corrected chi connectivity index (χ1v) is 9.67. The number of halogens is 1. The van der Waals surface area contributed by atoms with E-state index in [1.165, 1.54) is 12.8 Å². The van der Waals surface area contributed by atoms with Gasteiger partial charge in [-0.05, 0) is 25.7 Å². The van der Waals surface area contributed by atoms with Crippen LogP contribution in [0.4, 0.5) is 0 Å². The van der Waals surface area contributed by atoms with E-state index in [-0.39, 0.29) is 11.9 Å². The summed E-state index contributed by atoms with van der Waals surface area (Å²) in [6.07, 6.45) is 8.45. The summed E-state index contributed by atoms with van der Waals surface area (Å²) in [5.41, 5.74) is 0. The van der Waals surface area contributed by atoms with Crippen molar-refractivity contribution in [2.24, 2.45) is 5.92 Å². The van der Waals surface area contributed by atoms with Crippen LogP contribution in [0.2, 0.25) is 0 Å². The maximum Gasteiger partial charge on any atom is 0.308 e. The minimum Gasteiger partial charge on any atom is -0.463 e. The summed E-state index contributed by atoms with van der Waals surface area (Å²) in [7, 11) is 0. The molecule has 0 spiro atoms. The van der Waals surface area contributed by atoms with E-state index in [9.17, 15) is 4.79 Å². The van der Waals surface area contributed by atoms with Crippen LogP contribution in [0, 0.1) is 5.92 Å². The lowest BCUT2D eigenvalue weighted by molar-refractivity contribution is -0.150. The third-order valence-corrected chi connectivity index (χ3v) is 4.02. The molecule has 0 radical (unpaired) electrons. The fourth-order valence-corrected chi connectivity index (χ4v) is 2.42. The highest BCUT2D eigenvalue weighted by atomic mass is 35.5. The van der Waals surface area contributed by atoms with Crippen LogP contribution in [0.1, 0.15) is 65.2 Å². The summed E-state index contributed by atoms with van der Waals surface area (Å²) in [6.45, 7) is 6.86. The molecule has 0 N–H and O–H groups in total. The minimum atomic E-state index is -0.0854. The molecule has 0 amide bonds. The third-order valence-electron chi connectivity index (χ3n) is 3.75. The van der Waals surface area contributed by atoms with Crippen LogP contribution in [-0.4, -0.2) is 44.9 Å². The average molecular weight is 351 g/mol. The smallest absolute Gasteiger partial charge is 0.308 e. The Kier molecular flexibility index (Phi) is 17.8. The highest BCUT2D eigenvalue weighted by molar-refractivity contribution is 6.17. The second-order valence-electron chi connectivity index (χ2n) is 5.74. The number of rotatable bonds is 17. The van der Waals surface area contributed by atoms with E-state index in [1.807, 2.05) is 6.92 Å². The molecule has 0 aliphatic rings. The fourth-order valence-electron chi connectivity index (χ4n) is 2.23. The van der Waals surface area contributed by atoms with Crippen LogP contribution in [0.3, 0.4) is 0 Å². The Balaban J connectivity index is 3.33. The van der Waals surface area contributed by atoms with Gasteiger partial charge in [0.15, 0.2) is 0 Å². The lowest BCUT2D eigenvalue weighted by atomic mass is 10.00. The van der Waals surface area contributed by atoms with Crippen molar-refractivity contribution in [3.8, 4) is 0 Å². The summed E-state index contributed by atoms with van der Waals surface area (Å²) in [6, 6.07) is 0. The Morgan fingerprint density at radius 1 is 0.870 bits per heavy atom. The van der Waals surface area contributed by atoms with Gasteiger partial charge in [0, 0.05) is 12.5 Å². The number of hydrogen-bond acceptors (Lipinski definition) is 4. The number of unbranched alkanes of at least 4 members (excludes halogenated alkanes) is 4. The predicted octanol–water partition coefficient (Wildman–Crippen LogP) is 4.58. The number of hydrogen-bond donors (Lipinski definition) is 0. The van der Waals surface area contributed by atoms with Crippen LogP contribution in [0.15, 0.2) is 0 Å². The SMILES string of the molecule is CCCCC(CC)C(=O)OCCOCCOCCCCCCCl. The van der Waals surface area contributed by atoms with Crippen LogP contribution in [0.25, 0.3) is 0 Å². The second kappa shape index (κ2) is 18.0. The molecule has 0 aromatic carbocycles. The van der Waals surface area contributed by atoms with Gasteiger partial charge >= 0.3 is 5.97 Å². The summed E-state index contributed by atoms with van der Waals surface area (Å²) in [4.78, 5) is 11.9. The highest BCUT2D eigenvalue weighted by Crippen LogP contribution is 2.14. The molecule has 5 heteroatoms. The molecule has 0 fully saturated rings. The number of carbonyl (C=O) groups excluding carboxylic acids is 1. The molecule has 23 heavy (non-hydrogen) atoms. The number of esters is 1. The van der Waals surface area contributed by atoms with Crippen molar-refractivity contribution >= 4 is 17.6 Å². The van der Waals surface area contributed by atoms with Crippen molar-refractivity contribution in [1.82, 2.24) is 0 Å². The van der Waals surface area contributed by atoms with Crippen LogP contribution >= 0.6 is 11.6 Å². The van der Waals surface area contributed by atoms with Crippen molar-refractivity contribution in [2.45, 2.75) is 65.2 Å². The van der Waals surface area contributed by atoms with Crippen molar-refractivity contribution in [3.63, 3.8) is 0 Å². The zero-order chi connectivity index (χ0) is 17.2. The summed E-state index contributed by atoms with van der Waals surface area (Å²) >= 11 is 5.61. The second-order valence-corrected chi connectivity index (χ2v) is 6.12. The zero-order valence-electron chi connectivity index (χ0n) is 15.0. The zero-order valence-corrected chi connectivity index (χ0v) is 15.7. The van der Waals surface area contributed by atoms with Gasteiger partial charge in [-0.25, -0.2) is 0 Å². The van der Waals surface area contributed by atoms with Gasteiger partial charge in [0.05, 0.1) is 25.7 Å². The number of alkyl halides is 1. The summed E-state index contributed by atoms with van der Waals surface area (Å²) in [5.74, 6) is 0.700. The predicted molar refractivity (Wildman–Crippen MR) is 95.1 cm³/mol. The molecule has 0 saturated carbocycles. The van der Waals surface area contributed by atoms with Gasteiger partial charge < -0.3 is 14.2 Å². The van der Waals surface area contributed by atoms with E-state index in [0.717, 1.165) is 51.0 Å². The highest BCUT2D eigenvalue weighted by Gasteiger charge is 2.16. The first-order valence-electron chi connectivity index (χ1n) is 9.14. The van der Waals surface area contributed by atoms with E-state index in [2.05, 4.69) is 6.92 Å². The molecular formula is C18H35ClO4. The average Bonchev–Trinajstić information content (AvgIpc) is 2.56. The first-order chi connectivity index (χ1) is 11.3. The number of ether oxygens (including phenoxy) is 3. The number of carbonyl (C=O) groups is 1. The molecule has 0 aromatic heterocycles. The molecule has 138 valence electrons. The summed E-state index contributed by atoms with van der Waals surface area (Å²) < 4.78 is 16.1. The lowest BCUT2D eigenvalue weighted by Crippen LogP contribution is -2.20. The first kappa shape index (κ1) is 22.7. The van der Waals surface area contributed by atoms with E-state index >= 15 is 0 Å². The van der Waals surface area contributed by atoms with Gasteiger partial charge in [-0.2, -0.15) is 0 Å². The molecule has 0 rings (SSSR count). The molecule has 0 aliphatic carbocycles. The molecule has 0 heterocycles. The van der Waals surface area contributed by atoms with E-state index in [4.69, 9.17) is 25.8 Å². The fraction of sp³-hybridized carbons (Fsp3) is 0.944. The minimum absolute atomic E-state index is 0.0390. The Labute approximate surface area is 147 Å². The van der Waals surface area contributed by atoms with Crippen molar-refractivity contribution in [2.75, 3.05) is 38.9 Å². The Bertz CT molecular complexity index is 261. The van der Waals surface area contributed by atoms with Gasteiger partial charge in [-0.3, -0.25) is 4.79 Å². The topological polar surface area (TPSA) is 44.8 Å². The van der Waals surface area contributed by atoms with E-state index < -0.39 is 0 Å². The normalized spacial score (nSPS) is 12.3. The van der Waals surface area contributed by atoms with Gasteiger partial charge in [-0.1, -0.05) is 39.5 Å². The monoisotopic (exact) mass is 350 g/mol. The van der Waals surface area contributed by atoms with Gasteiger partial charge in [0.25, 0.3) is 0 Å². The Morgan fingerprint density at radius 3 is 2.17 bits per heavy atom. The molecule has 0 aromatic rings. The van der Waals surface area contributed by atoms with Gasteiger partial charge in [0.2, 0.25) is 0 Å². The Morgan fingerprint density at radius 2 is 1.52 bits per heavy atom. The molecule has 1 unspecified atom stereocenters. The Hall–Kier alpha value is -0.320. The van der Waals surface area contributed by atoms with Gasteiger partial charge in [-0.15, -0.1) is 11.6 Å². The summed E-state index contributed by atoms with van der Waals surface area (Å²) in [5, 5.41) is 0. The van der Waals surface area contributed by atoms with Crippen LogP contribution in [-0.2, 0) is 19.0 Å². The third kappa shape index (κ3) is 15.0. The van der Waals surface area contributed by atoms with E-state index in [0.29, 0.717) is 26.4 Å². The van der Waals surface area contributed by atoms with Gasteiger partial charge in [0.1, 0.15) is 6.61 Å². The van der Waals surface area contributed by atoms with Crippen molar-refractivity contribution in [1.29, 1.82) is 0 Å². The molecule has 0 bridgehead atoms. The molecule has 4 nitrogen and oxygen atoms in total. The van der Waals surface area contributed by atoms with E-state index in [1.54, 1.807) is 0 Å². The van der Waals surface area contributed by atoms with Crippen molar-refractivity contribution < 1.29 is 19.0 Å². The largest absolute Gasteiger partial charge is 0.463 e. The molecule has 0 saturated heterocycles. The maximum absolute atomic E-state index is 11.9. The standard InChI is InChI=1S/C18H35ClO4/c1-3-5-10-17(4-2)18(20)23-16-15-22-14-13-21-12-9-7-6-8-11-19/h17H,3-16H2,1-2H3. The molecular weight excluding hydrogens is 316 g/mol. The maximum atomic E-state index is 11.9. The quantitative estimate of drug-likeness (QED) is 0.219.